The highest BCUT2D eigenvalue weighted by Gasteiger charge is 2.25. The maximum Gasteiger partial charge on any atom is 0.235 e. The van der Waals surface area contributed by atoms with Crippen LogP contribution in [0.15, 0.2) is 485 Å². The van der Waals surface area contributed by atoms with Crippen LogP contribution in [0, 0.1) is 0 Å². The number of para-hydroxylation sites is 4. The summed E-state index contributed by atoms with van der Waals surface area (Å²) in [4.78, 5) is 21.8. The van der Waals surface area contributed by atoms with Gasteiger partial charge in [0.2, 0.25) is 11.9 Å². The van der Waals surface area contributed by atoms with Crippen molar-refractivity contribution in [2.45, 2.75) is 0 Å². The largest absolute Gasteiger partial charge is 0.309 e. The highest BCUT2D eigenvalue weighted by atomic mass is 15.2. The van der Waals surface area contributed by atoms with E-state index >= 15 is 0 Å². The molecule has 8 heteroatoms. The summed E-state index contributed by atoms with van der Waals surface area (Å²) in [5.41, 5.74) is 30.8. The zero-order valence-corrected chi connectivity index (χ0v) is 72.8. The second-order valence-electron chi connectivity index (χ2n) is 34.7. The highest BCUT2D eigenvalue weighted by molar-refractivity contribution is 6.16. The minimum Gasteiger partial charge on any atom is -0.309 e. The van der Waals surface area contributed by atoms with E-state index in [0.717, 1.165) is 144 Å². The number of hydrogen-bond donors (Lipinski definition) is 0. The van der Waals surface area contributed by atoms with Crippen LogP contribution in [0.1, 0.15) is 0 Å². The summed E-state index contributed by atoms with van der Waals surface area (Å²) in [6.07, 6.45) is 0. The average Bonchev–Trinajstić information content (AvgIpc) is 1.57. The van der Waals surface area contributed by atoms with Crippen LogP contribution in [-0.4, -0.2) is 38.2 Å². The zero-order valence-electron chi connectivity index (χ0n) is 72.8. The second kappa shape index (κ2) is 32.0. The molecular formula is C126H80N8. The van der Waals surface area contributed by atoms with Gasteiger partial charge >= 0.3 is 0 Å². The first-order chi connectivity index (χ1) is 66.4. The molecule has 21 aromatic carbocycles. The molecule has 6 heterocycles. The number of hydrogen-bond acceptors (Lipinski definition) is 4. The Labute approximate surface area is 772 Å². The zero-order chi connectivity index (χ0) is 88.3. The SMILES string of the molecule is c1ccc(-c2cc(-c3ccccc3)cc(-n3c4ccccc4c4cc(-c5ccc6c(c5)c5ccccc5n6-c5nc(-c6cccc7ccccc67)cc(-c6cccc7ccccc67)n5)ccc43)c2)cc1.c1ccc(-c2ccc(-n3c4ccccc4c4cc(-c5ccc6c(c5)c5ccccc5n6-c5nc(-c6cccc7ccccc67)cc(-c6cccc7ccccc67)n5)ccc43)cc2)cc1. The molecule has 0 radical (unpaired) electrons. The van der Waals surface area contributed by atoms with Crippen molar-refractivity contribution in [2.24, 2.45) is 0 Å². The molecule has 0 atom stereocenters. The van der Waals surface area contributed by atoms with E-state index in [-0.39, 0.29) is 0 Å². The maximum absolute atomic E-state index is 5.47. The summed E-state index contributed by atoms with van der Waals surface area (Å²) in [7, 11) is 0. The molecule has 0 amide bonds. The molecule has 0 saturated carbocycles. The van der Waals surface area contributed by atoms with Crippen molar-refractivity contribution in [2.75, 3.05) is 0 Å². The summed E-state index contributed by atoms with van der Waals surface area (Å²) in [6, 6.07) is 175. The van der Waals surface area contributed by atoms with Gasteiger partial charge in [0.05, 0.1) is 66.9 Å². The fourth-order valence-electron chi connectivity index (χ4n) is 20.8. The predicted molar refractivity (Wildman–Crippen MR) is 560 cm³/mol. The Bertz CT molecular complexity index is 9110. The molecule has 8 nitrogen and oxygen atoms in total. The Kier molecular flexibility index (Phi) is 18.5. The number of rotatable bonds is 13. The van der Waals surface area contributed by atoms with Gasteiger partial charge in [0.15, 0.2) is 0 Å². The molecule has 27 rings (SSSR count). The number of fused-ring (bicyclic) bond motifs is 16. The van der Waals surface area contributed by atoms with Crippen LogP contribution in [0.25, 0.3) is 254 Å². The lowest BCUT2D eigenvalue weighted by Crippen LogP contribution is -2.04. The summed E-state index contributed by atoms with van der Waals surface area (Å²) in [5.74, 6) is 1.27. The van der Waals surface area contributed by atoms with Gasteiger partial charge < -0.3 is 9.13 Å². The fraction of sp³-hybridized carbons (Fsp3) is 0. The van der Waals surface area contributed by atoms with Crippen LogP contribution >= 0.6 is 0 Å². The van der Waals surface area contributed by atoms with Crippen molar-refractivity contribution in [3.63, 3.8) is 0 Å². The van der Waals surface area contributed by atoms with Gasteiger partial charge in [-0.25, -0.2) is 19.9 Å². The second-order valence-corrected chi connectivity index (χ2v) is 34.7. The summed E-state index contributed by atoms with van der Waals surface area (Å²) in [5, 5.41) is 18.8. The average molecular weight is 1710 g/mol. The smallest absolute Gasteiger partial charge is 0.235 e. The third-order valence-electron chi connectivity index (χ3n) is 27.1. The summed E-state index contributed by atoms with van der Waals surface area (Å²) >= 11 is 0. The molecule has 27 aromatic rings. The number of benzene rings is 21. The Morgan fingerprint density at radius 1 is 0.127 bits per heavy atom. The number of aromatic nitrogens is 8. The van der Waals surface area contributed by atoms with E-state index in [1.807, 2.05) is 0 Å². The van der Waals surface area contributed by atoms with Gasteiger partial charge in [-0.15, -0.1) is 0 Å². The molecule has 0 aliphatic heterocycles. The molecule has 0 aliphatic rings. The third kappa shape index (κ3) is 13.2. The Morgan fingerprint density at radius 2 is 0.358 bits per heavy atom. The van der Waals surface area contributed by atoms with E-state index in [0.29, 0.717) is 11.9 Å². The van der Waals surface area contributed by atoms with E-state index in [4.69, 9.17) is 19.9 Å². The first-order valence-electron chi connectivity index (χ1n) is 45.7. The first kappa shape index (κ1) is 77.2. The van der Waals surface area contributed by atoms with Crippen LogP contribution < -0.4 is 0 Å². The monoisotopic (exact) mass is 1700 g/mol. The molecule has 6 aromatic heterocycles. The van der Waals surface area contributed by atoms with E-state index in [9.17, 15) is 0 Å². The topological polar surface area (TPSA) is 71.3 Å². The highest BCUT2D eigenvalue weighted by Crippen LogP contribution is 2.46. The molecule has 0 N–H and O–H groups in total. The lowest BCUT2D eigenvalue weighted by Gasteiger charge is -2.14. The van der Waals surface area contributed by atoms with Gasteiger partial charge in [0.25, 0.3) is 0 Å². The van der Waals surface area contributed by atoms with Crippen LogP contribution in [0.5, 0.6) is 0 Å². The Balaban J connectivity index is 0.000000140. The van der Waals surface area contributed by atoms with Crippen molar-refractivity contribution in [3.05, 3.63) is 485 Å². The van der Waals surface area contributed by atoms with Gasteiger partial charge in [-0.2, -0.15) is 0 Å². The van der Waals surface area contributed by atoms with Crippen molar-refractivity contribution >= 4 is 130 Å². The molecule has 0 bridgehead atoms. The van der Waals surface area contributed by atoms with E-state index in [2.05, 4.69) is 504 Å². The Hall–Kier alpha value is -18.0. The lowest BCUT2D eigenvalue weighted by molar-refractivity contribution is 0.996. The quantitative estimate of drug-likeness (QED) is 0.115. The third-order valence-corrected chi connectivity index (χ3v) is 27.1. The van der Waals surface area contributed by atoms with Gasteiger partial charge in [-0.1, -0.05) is 370 Å². The van der Waals surface area contributed by atoms with Gasteiger partial charge in [-0.05, 0) is 214 Å². The molecule has 0 saturated heterocycles. The van der Waals surface area contributed by atoms with E-state index in [1.165, 1.54) is 98.6 Å². The van der Waals surface area contributed by atoms with Crippen LogP contribution in [-0.2, 0) is 0 Å². The van der Waals surface area contributed by atoms with Gasteiger partial charge in [0.1, 0.15) is 0 Å². The molecular weight excluding hydrogens is 1630 g/mol. The van der Waals surface area contributed by atoms with Crippen molar-refractivity contribution in [1.29, 1.82) is 0 Å². The summed E-state index contributed by atoms with van der Waals surface area (Å²) in [6.45, 7) is 0. The normalized spacial score (nSPS) is 11.7. The van der Waals surface area contributed by atoms with Gasteiger partial charge in [-0.3, -0.25) is 9.13 Å². The van der Waals surface area contributed by atoms with E-state index < -0.39 is 0 Å². The van der Waals surface area contributed by atoms with Crippen molar-refractivity contribution in [1.82, 2.24) is 38.2 Å². The molecule has 0 unspecified atom stereocenters. The molecule has 0 aliphatic carbocycles. The van der Waals surface area contributed by atoms with Crippen LogP contribution in [0.3, 0.4) is 0 Å². The molecule has 624 valence electrons. The minimum atomic E-state index is 0.633. The molecule has 0 fully saturated rings. The van der Waals surface area contributed by atoms with Gasteiger partial charge in [0, 0.05) is 76.7 Å². The lowest BCUT2D eigenvalue weighted by atomic mass is 9.98. The minimum absolute atomic E-state index is 0.633. The van der Waals surface area contributed by atoms with Crippen molar-refractivity contribution in [3.8, 4) is 124 Å². The molecule has 0 spiro atoms. The maximum atomic E-state index is 5.47. The van der Waals surface area contributed by atoms with Crippen LogP contribution in [0.2, 0.25) is 0 Å². The van der Waals surface area contributed by atoms with E-state index in [1.54, 1.807) is 0 Å². The fourth-order valence-corrected chi connectivity index (χ4v) is 20.8. The van der Waals surface area contributed by atoms with Crippen LogP contribution in [0.4, 0.5) is 0 Å². The molecule has 134 heavy (non-hydrogen) atoms. The first-order valence-corrected chi connectivity index (χ1v) is 45.7. The standard InChI is InChI=1S/C66H42N4.C60H38N4/c1-3-17-43(18-4-1)49-37-50(44-19-5-2-6-20-44)39-51(38-49)69-62-31-13-11-27-56(62)58-40-47(33-35-64(58)69)48-34-36-65-59(41-48)57-28-12-14-32-63(57)70(65)66-67-60(54-29-15-23-45-21-7-9-25-52(45)54)42-61(68-66)55-30-16-24-46-22-8-10-26-53(46)55;1-2-14-39(15-3-1)40-28-32-45(33-29-40)63-56-26-10-8-22-50(56)52-36-43(30-34-58(52)63)44-31-35-59-53(37-44)51-23-9-11-27-57(51)64(59)60-61-54(48-24-12-18-41-16-4-6-20-46(41)48)38-55(62-60)49-25-13-19-42-17-5-7-21-47(42)49/h1-42H;1-38H. The summed E-state index contributed by atoms with van der Waals surface area (Å²) < 4.78 is 9.32. The predicted octanol–water partition coefficient (Wildman–Crippen LogP) is 33.0. The van der Waals surface area contributed by atoms with Crippen molar-refractivity contribution < 1.29 is 0 Å². The Morgan fingerprint density at radius 3 is 0.679 bits per heavy atom. The number of nitrogens with zero attached hydrogens (tertiary/aromatic N) is 8.